The number of aliphatic hydroxyl groups is 1. The number of nitrogens with zero attached hydrogens (tertiary/aromatic N) is 4. The van der Waals surface area contributed by atoms with E-state index in [0.717, 1.165) is 25.5 Å². The second-order valence-corrected chi connectivity index (χ2v) is 5.13. The molecular weight excluding hydrogens is 240 g/mol. The highest BCUT2D eigenvalue weighted by atomic mass is 16.3. The third kappa shape index (κ3) is 3.22. The Labute approximate surface area is 114 Å². The minimum Gasteiger partial charge on any atom is -0.392 e. The Hall–Kier alpha value is -1.64. The summed E-state index contributed by atoms with van der Waals surface area (Å²) >= 11 is 0. The zero-order valence-electron chi connectivity index (χ0n) is 11.5. The molecule has 0 amide bonds. The van der Waals surface area contributed by atoms with E-state index in [-0.39, 0.29) is 6.10 Å². The van der Waals surface area contributed by atoms with Gasteiger partial charge >= 0.3 is 0 Å². The molecule has 1 N–H and O–H groups in total. The number of hydrogen-bond donors (Lipinski definition) is 1. The Morgan fingerprint density at radius 2 is 2.37 bits per heavy atom. The van der Waals surface area contributed by atoms with Crippen molar-refractivity contribution in [2.24, 2.45) is 0 Å². The minimum absolute atomic E-state index is 0.307. The monoisotopic (exact) mass is 260 g/mol. The first-order chi connectivity index (χ1) is 9.11. The van der Waals surface area contributed by atoms with Gasteiger partial charge in [0, 0.05) is 38.4 Å². The van der Waals surface area contributed by atoms with Crippen LogP contribution in [0.3, 0.4) is 0 Å². The Morgan fingerprint density at radius 1 is 1.58 bits per heavy atom. The fourth-order valence-electron chi connectivity index (χ4n) is 2.53. The quantitative estimate of drug-likeness (QED) is 0.872. The molecule has 1 fully saturated rings. The molecule has 1 aliphatic rings. The lowest BCUT2D eigenvalue weighted by Gasteiger charge is -2.41. The summed E-state index contributed by atoms with van der Waals surface area (Å²) in [7, 11) is 0. The van der Waals surface area contributed by atoms with Crippen molar-refractivity contribution in [3.05, 3.63) is 23.9 Å². The van der Waals surface area contributed by atoms with Gasteiger partial charge in [-0.1, -0.05) is 0 Å². The van der Waals surface area contributed by atoms with Crippen LogP contribution in [0.2, 0.25) is 0 Å². The second kappa shape index (κ2) is 6.00. The molecular formula is C14H20N4O. The molecule has 0 aliphatic carbocycles. The third-order valence-electron chi connectivity index (χ3n) is 3.47. The molecule has 0 radical (unpaired) electrons. The topological polar surface area (TPSA) is 63.4 Å². The first-order valence-corrected chi connectivity index (χ1v) is 6.64. The van der Waals surface area contributed by atoms with E-state index in [0.29, 0.717) is 18.2 Å². The van der Waals surface area contributed by atoms with Crippen molar-refractivity contribution >= 4 is 5.82 Å². The summed E-state index contributed by atoms with van der Waals surface area (Å²) in [6, 6.07) is 6.13. The van der Waals surface area contributed by atoms with Gasteiger partial charge in [0.25, 0.3) is 0 Å². The van der Waals surface area contributed by atoms with Gasteiger partial charge in [0.05, 0.1) is 11.7 Å². The van der Waals surface area contributed by atoms with E-state index in [1.165, 1.54) is 0 Å². The molecule has 5 nitrogen and oxygen atoms in total. The lowest BCUT2D eigenvalue weighted by atomic mass is 10.1. The van der Waals surface area contributed by atoms with Crippen molar-refractivity contribution in [1.29, 1.82) is 5.26 Å². The molecule has 0 spiro atoms. The number of rotatable bonds is 3. The molecule has 1 saturated heterocycles. The van der Waals surface area contributed by atoms with Crippen molar-refractivity contribution in [3.8, 4) is 6.07 Å². The van der Waals surface area contributed by atoms with Gasteiger partial charge in [-0.3, -0.25) is 4.90 Å². The summed E-state index contributed by atoms with van der Waals surface area (Å²) in [5.74, 6) is 0.772. The van der Waals surface area contributed by atoms with Crippen LogP contribution in [0.4, 0.5) is 5.82 Å². The maximum Gasteiger partial charge on any atom is 0.146 e. The number of β-amino-alcohol motifs (C(OH)–C–C–N with tert-alkyl or cyclic N) is 1. The first-order valence-electron chi connectivity index (χ1n) is 6.64. The van der Waals surface area contributed by atoms with Gasteiger partial charge in [0.15, 0.2) is 0 Å². The average molecular weight is 260 g/mol. The normalized spacial score (nSPS) is 22.0. The molecule has 2 rings (SSSR count). The Kier molecular flexibility index (Phi) is 4.35. The van der Waals surface area contributed by atoms with Gasteiger partial charge in [-0.25, -0.2) is 4.98 Å². The Balaban J connectivity index is 2.08. The zero-order valence-corrected chi connectivity index (χ0v) is 11.5. The number of aliphatic hydroxyl groups excluding tert-OH is 1. The number of hydrogen-bond acceptors (Lipinski definition) is 5. The van der Waals surface area contributed by atoms with Crippen molar-refractivity contribution < 1.29 is 5.11 Å². The van der Waals surface area contributed by atoms with Crippen molar-refractivity contribution in [1.82, 2.24) is 9.88 Å². The maximum atomic E-state index is 9.48. The lowest BCUT2D eigenvalue weighted by molar-refractivity contribution is 0.0958. The zero-order chi connectivity index (χ0) is 13.8. The van der Waals surface area contributed by atoms with Crippen LogP contribution in [0.15, 0.2) is 18.3 Å². The maximum absolute atomic E-state index is 9.48. The summed E-state index contributed by atoms with van der Waals surface area (Å²) in [6.07, 6.45) is 1.42. The van der Waals surface area contributed by atoms with Gasteiger partial charge < -0.3 is 10.0 Å². The molecule has 0 unspecified atom stereocenters. The number of aromatic nitrogens is 1. The van der Waals surface area contributed by atoms with E-state index in [1.807, 2.05) is 6.92 Å². The average Bonchev–Trinajstić information content (AvgIpc) is 2.40. The molecule has 0 saturated carbocycles. The standard InChI is InChI=1S/C14H20N4O/c1-11-9-18(7-6-17(11)10-12(2)19)14-13(8-15)4-3-5-16-14/h3-5,11-12,19H,6-7,9-10H2,1-2H3/t11-,12-/m1/s1. The summed E-state index contributed by atoms with van der Waals surface area (Å²) in [5.41, 5.74) is 0.624. The fourth-order valence-corrected chi connectivity index (χ4v) is 2.53. The lowest BCUT2D eigenvalue weighted by Crippen LogP contribution is -2.53. The van der Waals surface area contributed by atoms with Crippen LogP contribution in [0.5, 0.6) is 0 Å². The minimum atomic E-state index is -0.307. The van der Waals surface area contributed by atoms with Crippen LogP contribution >= 0.6 is 0 Å². The van der Waals surface area contributed by atoms with Crippen LogP contribution in [-0.2, 0) is 0 Å². The highest BCUT2D eigenvalue weighted by Gasteiger charge is 2.26. The van der Waals surface area contributed by atoms with Crippen LogP contribution in [0, 0.1) is 11.3 Å². The van der Waals surface area contributed by atoms with E-state index in [2.05, 4.69) is 27.8 Å². The molecule has 5 heteroatoms. The number of piperazine rings is 1. The Bertz CT molecular complexity index is 469. The van der Waals surface area contributed by atoms with Crippen LogP contribution in [0.25, 0.3) is 0 Å². The van der Waals surface area contributed by atoms with Gasteiger partial charge in [0.1, 0.15) is 11.9 Å². The summed E-state index contributed by atoms with van der Waals surface area (Å²) < 4.78 is 0. The summed E-state index contributed by atoms with van der Waals surface area (Å²) in [5, 5.41) is 18.6. The van der Waals surface area contributed by atoms with Crippen LogP contribution in [-0.4, -0.2) is 53.3 Å². The Morgan fingerprint density at radius 3 is 3.00 bits per heavy atom. The molecule has 102 valence electrons. The molecule has 0 bridgehead atoms. The SMILES string of the molecule is C[C@@H]1CN(c2ncccc2C#N)CCN1C[C@@H](C)O. The van der Waals surface area contributed by atoms with Crippen molar-refractivity contribution in [2.45, 2.75) is 26.0 Å². The predicted molar refractivity (Wildman–Crippen MR) is 73.9 cm³/mol. The van der Waals surface area contributed by atoms with E-state index < -0.39 is 0 Å². The largest absolute Gasteiger partial charge is 0.392 e. The summed E-state index contributed by atoms with van der Waals surface area (Å²) in [6.45, 7) is 7.20. The molecule has 1 aromatic rings. The van der Waals surface area contributed by atoms with Crippen molar-refractivity contribution in [3.63, 3.8) is 0 Å². The molecule has 2 atom stereocenters. The van der Waals surface area contributed by atoms with Crippen LogP contribution in [0.1, 0.15) is 19.4 Å². The molecule has 19 heavy (non-hydrogen) atoms. The van der Waals surface area contributed by atoms with E-state index in [4.69, 9.17) is 5.26 Å². The van der Waals surface area contributed by atoms with Crippen molar-refractivity contribution in [2.75, 3.05) is 31.1 Å². The van der Waals surface area contributed by atoms with Gasteiger partial charge in [-0.05, 0) is 26.0 Å². The van der Waals surface area contributed by atoms with Gasteiger partial charge in [-0.2, -0.15) is 5.26 Å². The smallest absolute Gasteiger partial charge is 0.146 e. The predicted octanol–water partition coefficient (Wildman–Crippen LogP) is 0.845. The molecule has 2 heterocycles. The third-order valence-corrected chi connectivity index (χ3v) is 3.47. The van der Waals surface area contributed by atoms with E-state index in [9.17, 15) is 5.11 Å². The number of anilines is 1. The molecule has 1 aliphatic heterocycles. The van der Waals surface area contributed by atoms with E-state index >= 15 is 0 Å². The molecule has 1 aromatic heterocycles. The second-order valence-electron chi connectivity index (χ2n) is 5.13. The van der Waals surface area contributed by atoms with Crippen LogP contribution < -0.4 is 4.90 Å². The molecule has 0 aromatic carbocycles. The fraction of sp³-hybridized carbons (Fsp3) is 0.571. The van der Waals surface area contributed by atoms with Gasteiger partial charge in [-0.15, -0.1) is 0 Å². The number of pyridine rings is 1. The van der Waals surface area contributed by atoms with E-state index in [1.54, 1.807) is 18.3 Å². The number of nitriles is 1. The van der Waals surface area contributed by atoms with Gasteiger partial charge in [0.2, 0.25) is 0 Å². The highest BCUT2D eigenvalue weighted by molar-refractivity contribution is 5.53. The first kappa shape index (κ1) is 13.8. The summed E-state index contributed by atoms with van der Waals surface area (Å²) in [4.78, 5) is 8.76. The highest BCUT2D eigenvalue weighted by Crippen LogP contribution is 2.20.